The lowest BCUT2D eigenvalue weighted by atomic mass is 9.95. The monoisotopic (exact) mass is 1230 g/mol. The molecule has 13 amide bonds. The lowest BCUT2D eigenvalue weighted by Crippen LogP contribution is -2.62. The lowest BCUT2D eigenvalue weighted by molar-refractivity contribution is -0.142. The maximum absolute atomic E-state index is 14.4. The molecule has 0 aromatic heterocycles. The Bertz CT molecular complexity index is 2490. The van der Waals surface area contributed by atoms with Crippen LogP contribution in [-0.2, 0) is 76.7 Å². The second-order valence-electron chi connectivity index (χ2n) is 22.2. The number of rotatable bonds is 21. The first-order chi connectivity index (χ1) is 39.9. The number of nitrogens with one attached hydrogen (secondary N) is 11. The standard InChI is InChI=1S/C53H87N13O20/c1-11-24(7)40-51(84)62-30(17-22(3)4)47(80)59-31(18-23(5)6)50(83)65-41(25(8)12-2)52(85)63-34(21-39(74)75)49(82)61-33(20-36(55)69)48(81)60-32(19-35(54)68)46(79)56-26(9)43(76)66-42(27(10)67)53(86)58-28(13-15-37(70)71)44(77)57-29(45(78)64-40)14-16-38(72)73/h22-34,40-42,67H,11-21H2,1-10H3,(H2,54,68)(H2,55,69)(H,56,79)(H,57,77)(H,58,86)(H,59,80)(H,60,81)(H,61,82)(H,62,84)(H,63,85)(H,64,78)(H,65,83)(H,66,76)(H,70,71)(H,72,73)(H,74,75)/t24-,25-,26-,27+,28-,29-,30-,31-,32-,33-,34-,40-,41-,42-/m0/s1. The second kappa shape index (κ2) is 36.4. The van der Waals surface area contributed by atoms with Crippen molar-refractivity contribution in [2.24, 2.45) is 35.1 Å². The summed E-state index contributed by atoms with van der Waals surface area (Å²) in [5.74, 6) is -22.4. The topological polar surface area (TPSA) is 538 Å². The average Bonchev–Trinajstić information content (AvgIpc) is 3.33. The first-order valence-electron chi connectivity index (χ1n) is 28.2. The van der Waals surface area contributed by atoms with Crippen LogP contribution >= 0.6 is 0 Å². The van der Waals surface area contributed by atoms with Crippen LogP contribution in [0, 0.1) is 23.7 Å². The zero-order valence-electron chi connectivity index (χ0n) is 50.0. The predicted octanol–water partition coefficient (Wildman–Crippen LogP) is -5.13. The van der Waals surface area contributed by atoms with Gasteiger partial charge < -0.3 is 90.4 Å². The Morgan fingerprint density at radius 1 is 0.384 bits per heavy atom. The van der Waals surface area contributed by atoms with Gasteiger partial charge in [0.2, 0.25) is 76.8 Å². The van der Waals surface area contributed by atoms with Crippen molar-refractivity contribution in [3.8, 4) is 0 Å². The third-order valence-electron chi connectivity index (χ3n) is 13.7. The molecular formula is C53H87N13O20. The molecule has 0 spiro atoms. The minimum Gasteiger partial charge on any atom is -0.481 e. The molecule has 1 fully saturated rings. The Hall–Kier alpha value is -8.52. The third kappa shape index (κ3) is 26.6. The van der Waals surface area contributed by atoms with Crippen molar-refractivity contribution in [3.05, 3.63) is 0 Å². The molecule has 1 aliphatic heterocycles. The van der Waals surface area contributed by atoms with Crippen molar-refractivity contribution in [2.45, 2.75) is 212 Å². The molecule has 0 radical (unpaired) electrons. The molecule has 1 saturated heterocycles. The summed E-state index contributed by atoms with van der Waals surface area (Å²) in [5, 5.41) is 65.2. The number of nitrogens with two attached hydrogens (primary N) is 2. The number of aliphatic hydroxyl groups excluding tert-OH is 1. The van der Waals surface area contributed by atoms with Gasteiger partial charge in [-0.3, -0.25) is 76.7 Å². The molecule has 0 bridgehead atoms. The molecule has 86 heavy (non-hydrogen) atoms. The second-order valence-corrected chi connectivity index (χ2v) is 22.2. The normalized spacial score (nSPS) is 26.4. The summed E-state index contributed by atoms with van der Waals surface area (Å²) >= 11 is 0. The van der Waals surface area contributed by atoms with Gasteiger partial charge in [-0.25, -0.2) is 0 Å². The number of aliphatic hydroxyl groups is 1. The molecule has 0 aliphatic carbocycles. The van der Waals surface area contributed by atoms with Gasteiger partial charge in [0.1, 0.15) is 66.5 Å². The summed E-state index contributed by atoms with van der Waals surface area (Å²) in [4.78, 5) is 215. The van der Waals surface area contributed by atoms with E-state index in [1.807, 2.05) is 0 Å². The van der Waals surface area contributed by atoms with Gasteiger partial charge in [-0.1, -0.05) is 68.2 Å². The third-order valence-corrected chi connectivity index (χ3v) is 13.7. The van der Waals surface area contributed by atoms with Crippen LogP contribution in [-0.4, -0.2) is 188 Å². The van der Waals surface area contributed by atoms with Crippen molar-refractivity contribution in [1.82, 2.24) is 58.5 Å². The maximum atomic E-state index is 14.4. The molecule has 0 unspecified atom stereocenters. The van der Waals surface area contributed by atoms with Crippen molar-refractivity contribution in [3.63, 3.8) is 0 Å². The molecule has 33 heteroatoms. The number of aliphatic carboxylic acids is 3. The summed E-state index contributed by atoms with van der Waals surface area (Å²) < 4.78 is 0. The Balaban J connectivity index is 4.27. The van der Waals surface area contributed by atoms with E-state index in [0.29, 0.717) is 0 Å². The van der Waals surface area contributed by atoms with Crippen LogP contribution < -0.4 is 70.0 Å². The molecule has 484 valence electrons. The van der Waals surface area contributed by atoms with Gasteiger partial charge in [0, 0.05) is 12.8 Å². The summed E-state index contributed by atoms with van der Waals surface area (Å²) in [7, 11) is 0. The molecule has 0 aromatic rings. The predicted molar refractivity (Wildman–Crippen MR) is 300 cm³/mol. The van der Waals surface area contributed by atoms with E-state index >= 15 is 0 Å². The fourth-order valence-corrected chi connectivity index (χ4v) is 8.53. The molecular weight excluding hydrogens is 1140 g/mol. The van der Waals surface area contributed by atoms with Gasteiger partial charge in [0.05, 0.1) is 25.4 Å². The molecule has 33 nitrogen and oxygen atoms in total. The first-order valence-corrected chi connectivity index (χ1v) is 28.2. The van der Waals surface area contributed by atoms with Gasteiger partial charge in [-0.15, -0.1) is 0 Å². The van der Waals surface area contributed by atoms with E-state index in [1.165, 1.54) is 6.92 Å². The van der Waals surface area contributed by atoms with Crippen molar-refractivity contribution in [1.29, 1.82) is 0 Å². The summed E-state index contributed by atoms with van der Waals surface area (Å²) in [6.07, 6.45) is -7.78. The van der Waals surface area contributed by atoms with Crippen molar-refractivity contribution >= 4 is 94.7 Å². The minimum absolute atomic E-state index is 0.0655. The smallest absolute Gasteiger partial charge is 0.305 e. The molecule has 14 atom stereocenters. The van der Waals surface area contributed by atoms with E-state index in [-0.39, 0.29) is 37.5 Å². The number of carbonyl (C=O) groups is 16. The Labute approximate surface area is 496 Å². The molecule has 1 heterocycles. The first kappa shape index (κ1) is 75.5. The fraction of sp³-hybridized carbons (Fsp3) is 0.698. The van der Waals surface area contributed by atoms with Crippen LogP contribution in [0.1, 0.15) is 140 Å². The highest BCUT2D eigenvalue weighted by molar-refractivity contribution is 6.02. The van der Waals surface area contributed by atoms with E-state index in [4.69, 9.17) is 11.5 Å². The van der Waals surface area contributed by atoms with Gasteiger partial charge >= 0.3 is 17.9 Å². The lowest BCUT2D eigenvalue weighted by Gasteiger charge is -2.31. The van der Waals surface area contributed by atoms with E-state index in [1.54, 1.807) is 48.5 Å². The summed E-state index contributed by atoms with van der Waals surface area (Å²) in [6.45, 7) is 15.2. The Morgan fingerprint density at radius 3 is 1.02 bits per heavy atom. The van der Waals surface area contributed by atoms with Crippen molar-refractivity contribution in [2.75, 3.05) is 0 Å². The van der Waals surface area contributed by atoms with Crippen LogP contribution in [0.3, 0.4) is 0 Å². The number of carboxylic acids is 3. The fourth-order valence-electron chi connectivity index (χ4n) is 8.53. The Morgan fingerprint density at radius 2 is 0.663 bits per heavy atom. The molecule has 1 aliphatic rings. The zero-order chi connectivity index (χ0) is 66.0. The van der Waals surface area contributed by atoms with Crippen LogP contribution in [0.5, 0.6) is 0 Å². The highest BCUT2D eigenvalue weighted by atomic mass is 16.4. The number of primary amides is 2. The minimum atomic E-state index is -2.08. The average molecular weight is 1230 g/mol. The quantitative estimate of drug-likeness (QED) is 0.0511. The summed E-state index contributed by atoms with van der Waals surface area (Å²) in [6, 6.07) is -19.6. The molecule has 0 aromatic carbocycles. The number of hydrogen-bond acceptors (Lipinski definition) is 17. The van der Waals surface area contributed by atoms with Crippen LogP contribution in [0.4, 0.5) is 0 Å². The number of hydrogen-bond donors (Lipinski definition) is 17. The molecule has 0 saturated carbocycles. The number of amides is 13. The van der Waals surface area contributed by atoms with Crippen LogP contribution in [0.25, 0.3) is 0 Å². The van der Waals surface area contributed by atoms with Crippen LogP contribution in [0.2, 0.25) is 0 Å². The molecule has 19 N–H and O–H groups in total. The van der Waals surface area contributed by atoms with Gasteiger partial charge in [0.25, 0.3) is 0 Å². The molecule has 1 rings (SSSR count). The highest BCUT2D eigenvalue weighted by Crippen LogP contribution is 2.16. The Kier molecular flexibility index (Phi) is 31.9. The van der Waals surface area contributed by atoms with Crippen molar-refractivity contribution < 1.29 is 97.1 Å². The number of carboxylic acid groups (broad SMARTS) is 3. The maximum Gasteiger partial charge on any atom is 0.305 e. The van der Waals surface area contributed by atoms with E-state index in [0.717, 1.165) is 13.8 Å². The highest BCUT2D eigenvalue weighted by Gasteiger charge is 2.40. The van der Waals surface area contributed by atoms with Gasteiger partial charge in [-0.05, 0) is 63.2 Å². The number of carbonyl (C=O) groups excluding carboxylic acids is 13. The largest absolute Gasteiger partial charge is 0.481 e. The zero-order valence-corrected chi connectivity index (χ0v) is 50.0. The van der Waals surface area contributed by atoms with Gasteiger partial charge in [-0.2, -0.15) is 0 Å². The van der Waals surface area contributed by atoms with Crippen LogP contribution in [0.15, 0.2) is 0 Å². The van der Waals surface area contributed by atoms with E-state index in [9.17, 15) is 97.1 Å². The van der Waals surface area contributed by atoms with Gasteiger partial charge in [0.15, 0.2) is 0 Å². The summed E-state index contributed by atoms with van der Waals surface area (Å²) in [5.41, 5.74) is 10.7. The van der Waals surface area contributed by atoms with E-state index in [2.05, 4.69) is 58.5 Å². The van der Waals surface area contributed by atoms with E-state index < -0.39 is 224 Å². The SMILES string of the molecule is CC[C@H](C)[C@@H]1NC(=O)[C@H](CCC(=O)O)NC(=O)[C@H](CCC(=O)O)NC(=O)[C@H]([C@@H](C)O)NC(=O)[C@H](C)NC(=O)[C@H](CC(N)=O)NC(=O)[C@H](CC(N)=O)NC(=O)[C@H](CC(=O)O)NC(=O)[C@H]([C@@H](C)CC)NC(=O)[C@H](CC(C)C)NC(=O)[C@H](CC(C)C)NC1=O.